The van der Waals surface area contributed by atoms with Crippen molar-refractivity contribution in [1.29, 1.82) is 0 Å². The Morgan fingerprint density at radius 1 is 0.825 bits per heavy atom. The molecule has 1 fully saturated rings. The zero-order valence-corrected chi connectivity index (χ0v) is 22.4. The Hall–Kier alpha value is -4.88. The molecule has 2 heterocycles. The summed E-state index contributed by atoms with van der Waals surface area (Å²) in [6, 6.07) is 36.9. The quantitative estimate of drug-likeness (QED) is 0.223. The lowest BCUT2D eigenvalue weighted by Crippen LogP contribution is -2.28. The number of nitrogens with zero attached hydrogens (tertiary/aromatic N) is 3. The van der Waals surface area contributed by atoms with Crippen molar-refractivity contribution in [3.63, 3.8) is 0 Å². The molecule has 196 valence electrons. The molecule has 1 aromatic heterocycles. The number of nitrogens with one attached hydrogen (secondary N) is 1. The molecule has 5 aromatic rings. The van der Waals surface area contributed by atoms with Crippen LogP contribution in [0.5, 0.6) is 0 Å². The molecule has 1 aliphatic heterocycles. The molecule has 6 rings (SSSR count). The van der Waals surface area contributed by atoms with Crippen LogP contribution in [0.2, 0.25) is 0 Å². The van der Waals surface area contributed by atoms with E-state index < -0.39 is 0 Å². The topological polar surface area (TPSA) is 66.7 Å². The smallest absolute Gasteiger partial charge is 0.267 e. The first-order chi connectivity index (χ1) is 19.6. The van der Waals surface area contributed by atoms with Gasteiger partial charge in [-0.05, 0) is 53.7 Å². The number of aliphatic imine (C=N–C) groups is 1. The lowest BCUT2D eigenvalue weighted by molar-refractivity contribution is -0.122. The van der Waals surface area contributed by atoms with Crippen LogP contribution in [0.4, 0.5) is 11.4 Å². The van der Waals surface area contributed by atoms with Crippen molar-refractivity contribution in [3.8, 4) is 0 Å². The Balaban J connectivity index is 1.33. The standard InChI is InChI=1S/C33H26N4O2S/c38-31(34-26-14-6-2-7-15-26)23-36-22-25(28-18-10-11-19-29(28)36)20-30-32(39)37(21-24-12-4-1-5-13-24)33(40-30)35-27-16-8-3-9-17-27/h1-20,22H,21,23H2,(H,34,38)/b30-20+,35-33?. The van der Waals surface area contributed by atoms with Gasteiger partial charge in [-0.25, -0.2) is 4.99 Å². The second-order valence-electron chi connectivity index (χ2n) is 9.36. The number of hydrogen-bond acceptors (Lipinski definition) is 4. The lowest BCUT2D eigenvalue weighted by atomic mass is 10.1. The summed E-state index contributed by atoms with van der Waals surface area (Å²) < 4.78 is 1.92. The molecule has 1 N–H and O–H groups in total. The van der Waals surface area contributed by atoms with Gasteiger partial charge in [-0.1, -0.05) is 84.9 Å². The molecule has 0 spiro atoms. The Morgan fingerprint density at radius 3 is 2.23 bits per heavy atom. The van der Waals surface area contributed by atoms with Crippen molar-refractivity contribution in [3.05, 3.63) is 137 Å². The molecule has 40 heavy (non-hydrogen) atoms. The van der Waals surface area contributed by atoms with Crippen LogP contribution in [0.25, 0.3) is 17.0 Å². The molecule has 0 bridgehead atoms. The van der Waals surface area contributed by atoms with E-state index in [2.05, 4.69) is 5.32 Å². The monoisotopic (exact) mass is 542 g/mol. The summed E-state index contributed by atoms with van der Waals surface area (Å²) in [6.07, 6.45) is 3.84. The number of carbonyl (C=O) groups is 2. The number of para-hydroxylation sites is 3. The van der Waals surface area contributed by atoms with Gasteiger partial charge >= 0.3 is 0 Å². The summed E-state index contributed by atoms with van der Waals surface area (Å²) in [5.41, 5.74) is 4.37. The zero-order valence-electron chi connectivity index (χ0n) is 21.6. The second-order valence-corrected chi connectivity index (χ2v) is 10.4. The minimum atomic E-state index is -0.121. The molecule has 0 aliphatic carbocycles. The van der Waals surface area contributed by atoms with Crippen LogP contribution in [0, 0.1) is 0 Å². The number of benzene rings is 4. The predicted molar refractivity (Wildman–Crippen MR) is 163 cm³/mol. The molecular weight excluding hydrogens is 516 g/mol. The molecule has 1 aliphatic rings. The van der Waals surface area contributed by atoms with Gasteiger partial charge in [-0.3, -0.25) is 14.5 Å². The van der Waals surface area contributed by atoms with Crippen molar-refractivity contribution in [2.45, 2.75) is 13.1 Å². The van der Waals surface area contributed by atoms with Crippen molar-refractivity contribution >= 4 is 57.1 Å². The molecule has 0 unspecified atom stereocenters. The van der Waals surface area contributed by atoms with Gasteiger partial charge in [-0.15, -0.1) is 0 Å². The highest BCUT2D eigenvalue weighted by Gasteiger charge is 2.33. The highest BCUT2D eigenvalue weighted by Crippen LogP contribution is 2.36. The Morgan fingerprint density at radius 2 is 1.48 bits per heavy atom. The fourth-order valence-corrected chi connectivity index (χ4v) is 5.64. The molecule has 0 radical (unpaired) electrons. The van der Waals surface area contributed by atoms with Crippen LogP contribution in [0.1, 0.15) is 11.1 Å². The number of amides is 2. The SMILES string of the molecule is O=C(Cn1cc(/C=C2/SC(=Nc3ccccc3)N(Cc3ccccc3)C2=O)c2ccccc21)Nc1ccccc1. The van der Waals surface area contributed by atoms with Gasteiger partial charge < -0.3 is 9.88 Å². The number of thioether (sulfide) groups is 1. The first-order valence-corrected chi connectivity index (χ1v) is 13.8. The van der Waals surface area contributed by atoms with Gasteiger partial charge in [0.05, 0.1) is 17.1 Å². The van der Waals surface area contributed by atoms with E-state index in [9.17, 15) is 9.59 Å². The van der Waals surface area contributed by atoms with Crippen LogP contribution in [-0.2, 0) is 22.7 Å². The van der Waals surface area contributed by atoms with Crippen LogP contribution in [0.3, 0.4) is 0 Å². The van der Waals surface area contributed by atoms with Gasteiger partial charge in [0, 0.05) is 28.4 Å². The van der Waals surface area contributed by atoms with E-state index in [0.29, 0.717) is 16.6 Å². The third-order valence-electron chi connectivity index (χ3n) is 6.53. The lowest BCUT2D eigenvalue weighted by Gasteiger charge is -2.15. The minimum Gasteiger partial charge on any atom is -0.337 e. The van der Waals surface area contributed by atoms with E-state index in [1.54, 1.807) is 4.90 Å². The van der Waals surface area contributed by atoms with E-state index in [-0.39, 0.29) is 18.4 Å². The summed E-state index contributed by atoms with van der Waals surface area (Å²) in [7, 11) is 0. The maximum Gasteiger partial charge on any atom is 0.267 e. The van der Waals surface area contributed by atoms with Gasteiger partial charge in [-0.2, -0.15) is 0 Å². The van der Waals surface area contributed by atoms with Crippen molar-refractivity contribution in [2.75, 3.05) is 5.32 Å². The highest BCUT2D eigenvalue weighted by atomic mass is 32.2. The largest absolute Gasteiger partial charge is 0.337 e. The number of aromatic nitrogens is 1. The number of rotatable bonds is 7. The molecule has 1 saturated heterocycles. The predicted octanol–water partition coefficient (Wildman–Crippen LogP) is 7.08. The van der Waals surface area contributed by atoms with E-state index in [1.165, 1.54) is 11.8 Å². The molecule has 0 atom stereocenters. The number of hydrogen-bond donors (Lipinski definition) is 1. The minimum absolute atomic E-state index is 0.0952. The maximum atomic E-state index is 13.7. The average molecular weight is 543 g/mol. The van der Waals surface area contributed by atoms with E-state index >= 15 is 0 Å². The molecule has 7 heteroatoms. The van der Waals surface area contributed by atoms with Crippen molar-refractivity contribution < 1.29 is 9.59 Å². The normalized spacial score (nSPS) is 15.3. The number of anilines is 1. The molecule has 4 aromatic carbocycles. The molecular formula is C33H26N4O2S. The Kier molecular flexibility index (Phi) is 7.28. The highest BCUT2D eigenvalue weighted by molar-refractivity contribution is 8.18. The fourth-order valence-electron chi connectivity index (χ4n) is 4.65. The maximum absolute atomic E-state index is 13.7. The van der Waals surface area contributed by atoms with Gasteiger partial charge in [0.25, 0.3) is 5.91 Å². The van der Waals surface area contributed by atoms with E-state index in [1.807, 2.05) is 132 Å². The van der Waals surface area contributed by atoms with E-state index in [4.69, 9.17) is 4.99 Å². The van der Waals surface area contributed by atoms with Gasteiger partial charge in [0.15, 0.2) is 5.17 Å². The van der Waals surface area contributed by atoms with E-state index in [0.717, 1.165) is 33.4 Å². The number of carbonyl (C=O) groups excluding carboxylic acids is 2. The Bertz CT molecular complexity index is 1730. The second kappa shape index (κ2) is 11.5. The van der Waals surface area contributed by atoms with Crippen LogP contribution in [0.15, 0.2) is 131 Å². The summed E-state index contributed by atoms with van der Waals surface area (Å²) in [6.45, 7) is 0.581. The fraction of sp³-hybridized carbons (Fsp3) is 0.0606. The number of fused-ring (bicyclic) bond motifs is 1. The van der Waals surface area contributed by atoms with Crippen LogP contribution >= 0.6 is 11.8 Å². The molecule has 2 amide bonds. The van der Waals surface area contributed by atoms with Gasteiger partial charge in [0.2, 0.25) is 5.91 Å². The Labute approximate surface area is 236 Å². The van der Waals surface area contributed by atoms with Crippen molar-refractivity contribution in [2.24, 2.45) is 4.99 Å². The van der Waals surface area contributed by atoms with Crippen LogP contribution in [-0.4, -0.2) is 26.4 Å². The summed E-state index contributed by atoms with van der Waals surface area (Å²) in [5, 5.41) is 4.55. The number of amidine groups is 1. The summed E-state index contributed by atoms with van der Waals surface area (Å²) in [5.74, 6) is -0.217. The summed E-state index contributed by atoms with van der Waals surface area (Å²) in [4.78, 5) is 33.7. The average Bonchev–Trinajstić information content (AvgIpc) is 3.47. The molecule has 0 saturated carbocycles. The first-order valence-electron chi connectivity index (χ1n) is 13.0. The first kappa shape index (κ1) is 25.4. The van der Waals surface area contributed by atoms with Crippen molar-refractivity contribution in [1.82, 2.24) is 9.47 Å². The third-order valence-corrected chi connectivity index (χ3v) is 7.54. The van der Waals surface area contributed by atoms with Gasteiger partial charge in [0.1, 0.15) is 6.54 Å². The molecule has 6 nitrogen and oxygen atoms in total. The zero-order chi connectivity index (χ0) is 27.3. The van der Waals surface area contributed by atoms with Crippen LogP contribution < -0.4 is 5.32 Å². The summed E-state index contributed by atoms with van der Waals surface area (Å²) >= 11 is 1.37. The third kappa shape index (κ3) is 5.60.